The maximum Gasteiger partial charge on any atom is 0.234 e. The first-order valence-electron chi connectivity index (χ1n) is 9.59. The van der Waals surface area contributed by atoms with Crippen molar-refractivity contribution in [3.63, 3.8) is 0 Å². The Bertz CT molecular complexity index is 572. The number of benzene rings is 1. The van der Waals surface area contributed by atoms with E-state index < -0.39 is 0 Å². The Hall–Kier alpha value is -1.46. The molecule has 2 aliphatic rings. The second kappa shape index (κ2) is 8.77. The first-order chi connectivity index (χ1) is 12.1. The molecule has 4 nitrogen and oxygen atoms in total. The number of nitrogens with zero attached hydrogens (tertiary/aromatic N) is 2. The maximum absolute atomic E-state index is 13.8. The molecule has 1 aromatic rings. The minimum Gasteiger partial charge on any atom is -0.352 e. The van der Waals surface area contributed by atoms with E-state index in [1.165, 1.54) is 25.3 Å². The van der Waals surface area contributed by atoms with E-state index in [2.05, 4.69) is 22.0 Å². The molecule has 1 saturated carbocycles. The van der Waals surface area contributed by atoms with Crippen molar-refractivity contribution >= 4 is 5.91 Å². The van der Waals surface area contributed by atoms with Crippen molar-refractivity contribution in [3.05, 3.63) is 35.6 Å². The Morgan fingerprint density at radius 3 is 2.52 bits per heavy atom. The SMILES string of the molecule is C[C@H]1CCCC[C@H]1NC(=O)CN1CCN(Cc2ccccc2F)CC1. The fourth-order valence-corrected chi connectivity index (χ4v) is 3.96. The average molecular weight is 347 g/mol. The summed E-state index contributed by atoms with van der Waals surface area (Å²) in [5, 5.41) is 3.23. The van der Waals surface area contributed by atoms with Gasteiger partial charge in [0.05, 0.1) is 6.54 Å². The summed E-state index contributed by atoms with van der Waals surface area (Å²) in [6.07, 6.45) is 4.85. The van der Waals surface area contributed by atoms with E-state index in [-0.39, 0.29) is 11.7 Å². The number of halogens is 1. The van der Waals surface area contributed by atoms with Crippen molar-refractivity contribution in [3.8, 4) is 0 Å². The monoisotopic (exact) mass is 347 g/mol. The fourth-order valence-electron chi connectivity index (χ4n) is 3.96. The Morgan fingerprint density at radius 1 is 1.12 bits per heavy atom. The molecule has 5 heteroatoms. The minimum atomic E-state index is -0.133. The number of hydrogen-bond acceptors (Lipinski definition) is 3. The summed E-state index contributed by atoms with van der Waals surface area (Å²) in [6.45, 7) is 6.85. The molecule has 0 unspecified atom stereocenters. The van der Waals surface area contributed by atoms with Gasteiger partial charge < -0.3 is 5.32 Å². The zero-order valence-corrected chi connectivity index (χ0v) is 15.2. The summed E-state index contributed by atoms with van der Waals surface area (Å²) in [6, 6.07) is 7.32. The van der Waals surface area contributed by atoms with E-state index in [0.717, 1.165) is 38.2 Å². The lowest BCUT2D eigenvalue weighted by atomic mass is 9.86. The normalized spacial score (nSPS) is 25.7. The molecule has 3 rings (SSSR count). The van der Waals surface area contributed by atoms with E-state index >= 15 is 0 Å². The summed E-state index contributed by atoms with van der Waals surface area (Å²) in [5.41, 5.74) is 0.750. The van der Waals surface area contributed by atoms with Crippen molar-refractivity contribution in [2.24, 2.45) is 5.92 Å². The predicted octanol–water partition coefficient (Wildman–Crippen LogP) is 2.64. The first-order valence-corrected chi connectivity index (χ1v) is 9.59. The molecule has 1 amide bonds. The summed E-state index contributed by atoms with van der Waals surface area (Å²) < 4.78 is 13.8. The third-order valence-electron chi connectivity index (χ3n) is 5.64. The lowest BCUT2D eigenvalue weighted by Gasteiger charge is -2.35. The number of piperazine rings is 1. The highest BCUT2D eigenvalue weighted by Gasteiger charge is 2.24. The lowest BCUT2D eigenvalue weighted by Crippen LogP contribution is -2.51. The van der Waals surface area contributed by atoms with Crippen LogP contribution in [0.2, 0.25) is 0 Å². The van der Waals surface area contributed by atoms with Gasteiger partial charge in [-0.3, -0.25) is 14.6 Å². The number of nitrogens with one attached hydrogen (secondary N) is 1. The first kappa shape index (κ1) is 18.3. The Morgan fingerprint density at radius 2 is 1.80 bits per heavy atom. The molecule has 1 aliphatic carbocycles. The minimum absolute atomic E-state index is 0.133. The third-order valence-corrected chi connectivity index (χ3v) is 5.64. The molecule has 0 aromatic heterocycles. The molecule has 2 atom stereocenters. The van der Waals surface area contributed by atoms with E-state index in [0.29, 0.717) is 25.0 Å². The van der Waals surface area contributed by atoms with Crippen LogP contribution in [0.15, 0.2) is 24.3 Å². The number of amides is 1. The lowest BCUT2D eigenvalue weighted by molar-refractivity contribution is -0.124. The second-order valence-corrected chi connectivity index (χ2v) is 7.58. The molecular formula is C20H30FN3O. The van der Waals surface area contributed by atoms with Crippen LogP contribution in [0.5, 0.6) is 0 Å². The molecule has 25 heavy (non-hydrogen) atoms. The van der Waals surface area contributed by atoms with Crippen molar-refractivity contribution < 1.29 is 9.18 Å². The largest absolute Gasteiger partial charge is 0.352 e. The smallest absolute Gasteiger partial charge is 0.234 e. The zero-order valence-electron chi connectivity index (χ0n) is 15.2. The van der Waals surface area contributed by atoms with Gasteiger partial charge in [0.2, 0.25) is 5.91 Å². The van der Waals surface area contributed by atoms with Crippen LogP contribution in [0.25, 0.3) is 0 Å². The van der Waals surface area contributed by atoms with E-state index in [1.807, 2.05) is 12.1 Å². The molecule has 2 fully saturated rings. The van der Waals surface area contributed by atoms with Gasteiger partial charge in [-0.1, -0.05) is 38.0 Å². The molecule has 1 saturated heterocycles. The number of rotatable bonds is 5. The van der Waals surface area contributed by atoms with Crippen LogP contribution in [-0.2, 0) is 11.3 Å². The third kappa shape index (κ3) is 5.25. The van der Waals surface area contributed by atoms with Crippen LogP contribution in [0.3, 0.4) is 0 Å². The molecule has 0 spiro atoms. The number of carbonyl (C=O) groups is 1. The quantitative estimate of drug-likeness (QED) is 0.889. The highest BCUT2D eigenvalue weighted by atomic mass is 19.1. The summed E-state index contributed by atoms with van der Waals surface area (Å²) >= 11 is 0. The van der Waals surface area contributed by atoms with Gasteiger partial charge in [-0.15, -0.1) is 0 Å². The van der Waals surface area contributed by atoms with Gasteiger partial charge in [0.1, 0.15) is 5.82 Å². The highest BCUT2D eigenvalue weighted by Crippen LogP contribution is 2.23. The number of hydrogen-bond donors (Lipinski definition) is 1. The van der Waals surface area contributed by atoms with Crippen molar-refractivity contribution in [1.82, 2.24) is 15.1 Å². The fraction of sp³-hybridized carbons (Fsp3) is 0.650. The van der Waals surface area contributed by atoms with E-state index in [4.69, 9.17) is 0 Å². The van der Waals surface area contributed by atoms with E-state index in [1.54, 1.807) is 6.07 Å². The van der Waals surface area contributed by atoms with Crippen LogP contribution in [0, 0.1) is 11.7 Å². The van der Waals surface area contributed by atoms with Gasteiger partial charge in [0.25, 0.3) is 0 Å². The Balaban J connectivity index is 1.40. The van der Waals surface area contributed by atoms with Crippen molar-refractivity contribution in [1.29, 1.82) is 0 Å². The van der Waals surface area contributed by atoms with Gasteiger partial charge in [-0.25, -0.2) is 4.39 Å². The van der Waals surface area contributed by atoms with Gasteiger partial charge in [-0.05, 0) is 24.8 Å². The maximum atomic E-state index is 13.8. The molecule has 0 radical (unpaired) electrons. The van der Waals surface area contributed by atoms with Crippen molar-refractivity contribution in [2.45, 2.75) is 45.2 Å². The van der Waals surface area contributed by atoms with E-state index in [9.17, 15) is 9.18 Å². The zero-order chi connectivity index (χ0) is 17.6. The molecule has 1 heterocycles. The van der Waals surface area contributed by atoms with Crippen LogP contribution in [-0.4, -0.2) is 54.5 Å². The summed E-state index contributed by atoms with van der Waals surface area (Å²) in [7, 11) is 0. The Labute approximate surface area is 150 Å². The summed E-state index contributed by atoms with van der Waals surface area (Å²) in [5.74, 6) is 0.613. The van der Waals surface area contributed by atoms with Gasteiger partial charge in [-0.2, -0.15) is 0 Å². The Kier molecular flexibility index (Phi) is 6.43. The second-order valence-electron chi connectivity index (χ2n) is 7.58. The molecule has 0 bridgehead atoms. The van der Waals surface area contributed by atoms with Gasteiger partial charge in [0, 0.05) is 44.3 Å². The van der Waals surface area contributed by atoms with Crippen LogP contribution < -0.4 is 5.32 Å². The average Bonchev–Trinajstić information content (AvgIpc) is 2.61. The van der Waals surface area contributed by atoms with Crippen LogP contribution in [0.4, 0.5) is 4.39 Å². The standard InChI is InChI=1S/C20H30FN3O/c1-16-6-2-5-9-19(16)22-20(25)15-24-12-10-23(11-13-24)14-17-7-3-4-8-18(17)21/h3-4,7-8,16,19H,2,5-6,9-15H2,1H3,(H,22,25)/t16-,19+/m0/s1. The molecular weight excluding hydrogens is 317 g/mol. The van der Waals surface area contributed by atoms with Crippen molar-refractivity contribution in [2.75, 3.05) is 32.7 Å². The summed E-state index contributed by atoms with van der Waals surface area (Å²) in [4.78, 5) is 16.8. The highest BCUT2D eigenvalue weighted by molar-refractivity contribution is 5.78. The number of carbonyl (C=O) groups excluding carboxylic acids is 1. The topological polar surface area (TPSA) is 35.6 Å². The van der Waals surface area contributed by atoms with Crippen LogP contribution >= 0.6 is 0 Å². The molecule has 1 aromatic carbocycles. The van der Waals surface area contributed by atoms with Gasteiger partial charge in [0.15, 0.2) is 0 Å². The predicted molar refractivity (Wildman–Crippen MR) is 97.7 cm³/mol. The van der Waals surface area contributed by atoms with Crippen LogP contribution in [0.1, 0.15) is 38.2 Å². The molecule has 1 N–H and O–H groups in total. The molecule has 138 valence electrons. The molecule has 1 aliphatic heterocycles. The van der Waals surface area contributed by atoms with Gasteiger partial charge >= 0.3 is 0 Å².